The summed E-state index contributed by atoms with van der Waals surface area (Å²) in [6, 6.07) is 6.89. The molecule has 2 rings (SSSR count). The van der Waals surface area contributed by atoms with Gasteiger partial charge in [0.25, 0.3) is 0 Å². The molecule has 0 saturated heterocycles. The number of hydrogen-bond donors (Lipinski definition) is 0. The second-order valence-corrected chi connectivity index (χ2v) is 6.57. The Morgan fingerprint density at radius 2 is 1.94 bits per heavy atom. The molecule has 1 aromatic carbocycles. The highest BCUT2D eigenvalue weighted by Gasteiger charge is 2.28. The first kappa shape index (κ1) is 12.4. The van der Waals surface area contributed by atoms with Crippen molar-refractivity contribution in [3.8, 4) is 0 Å². The smallest absolute Gasteiger partial charge is 0.0230 e. The fraction of sp³-hybridized carbons (Fsp3) is 0.529. The van der Waals surface area contributed by atoms with Crippen LogP contribution in [-0.2, 0) is 12.8 Å². The van der Waals surface area contributed by atoms with Crippen LogP contribution in [0.5, 0.6) is 0 Å². The van der Waals surface area contributed by atoms with Crippen molar-refractivity contribution in [3.63, 3.8) is 0 Å². The van der Waals surface area contributed by atoms with E-state index < -0.39 is 0 Å². The summed E-state index contributed by atoms with van der Waals surface area (Å²) in [5.74, 6) is 0.825. The summed E-state index contributed by atoms with van der Waals surface area (Å²) in [4.78, 5) is 0. The molecule has 1 aliphatic rings. The van der Waals surface area contributed by atoms with Gasteiger partial charge >= 0.3 is 0 Å². The monoisotopic (exact) mass is 228 g/mol. The lowest BCUT2D eigenvalue weighted by Crippen LogP contribution is -2.26. The largest absolute Gasteiger partial charge is 0.0955 e. The van der Waals surface area contributed by atoms with Crippen LogP contribution >= 0.6 is 0 Å². The van der Waals surface area contributed by atoms with Gasteiger partial charge in [-0.2, -0.15) is 0 Å². The van der Waals surface area contributed by atoms with E-state index in [1.54, 1.807) is 11.1 Å². The van der Waals surface area contributed by atoms with Gasteiger partial charge in [-0.05, 0) is 54.2 Å². The third-order valence-electron chi connectivity index (χ3n) is 4.15. The molecule has 0 radical (unpaired) electrons. The molecule has 0 aliphatic heterocycles. The van der Waals surface area contributed by atoms with Crippen molar-refractivity contribution in [1.82, 2.24) is 0 Å². The number of aryl methyl sites for hydroxylation is 1. The van der Waals surface area contributed by atoms with Gasteiger partial charge in [-0.1, -0.05) is 51.1 Å². The zero-order valence-corrected chi connectivity index (χ0v) is 11.6. The predicted molar refractivity (Wildman–Crippen MR) is 76.1 cm³/mol. The van der Waals surface area contributed by atoms with Crippen molar-refractivity contribution in [2.24, 2.45) is 11.3 Å². The van der Waals surface area contributed by atoms with E-state index in [1.807, 2.05) is 0 Å². The lowest BCUT2D eigenvalue weighted by Gasteiger charge is -2.35. The van der Waals surface area contributed by atoms with Crippen LogP contribution < -0.4 is 0 Å². The SMILES string of the molecule is C=C(C)c1ccc2c(c1)CCC(C(C)(C)C)C2. The minimum atomic E-state index is 0.435. The number of benzene rings is 1. The Balaban J connectivity index is 2.26. The molecule has 17 heavy (non-hydrogen) atoms. The van der Waals surface area contributed by atoms with Gasteiger partial charge in [0, 0.05) is 0 Å². The minimum Gasteiger partial charge on any atom is -0.0955 e. The topological polar surface area (TPSA) is 0 Å². The highest BCUT2D eigenvalue weighted by atomic mass is 14.3. The van der Waals surface area contributed by atoms with Gasteiger partial charge in [-0.15, -0.1) is 0 Å². The van der Waals surface area contributed by atoms with E-state index in [0.29, 0.717) is 5.41 Å². The van der Waals surface area contributed by atoms with Crippen molar-refractivity contribution in [2.45, 2.75) is 47.0 Å². The van der Waals surface area contributed by atoms with E-state index >= 15 is 0 Å². The molecular formula is C17H24. The number of hydrogen-bond acceptors (Lipinski definition) is 0. The molecule has 0 aromatic heterocycles. The van der Waals surface area contributed by atoms with Gasteiger partial charge in [0.2, 0.25) is 0 Å². The molecule has 1 unspecified atom stereocenters. The Hall–Kier alpha value is -1.04. The van der Waals surface area contributed by atoms with Crippen molar-refractivity contribution in [2.75, 3.05) is 0 Å². The Bertz CT molecular complexity index is 432. The van der Waals surface area contributed by atoms with Crippen LogP contribution in [0.4, 0.5) is 0 Å². The number of rotatable bonds is 1. The van der Waals surface area contributed by atoms with E-state index in [1.165, 1.54) is 30.4 Å². The summed E-state index contributed by atoms with van der Waals surface area (Å²) in [5.41, 5.74) is 6.01. The summed E-state index contributed by atoms with van der Waals surface area (Å²) in [5, 5.41) is 0. The van der Waals surface area contributed by atoms with Gasteiger partial charge in [0.15, 0.2) is 0 Å². The molecule has 0 heteroatoms. The Morgan fingerprint density at radius 3 is 2.53 bits per heavy atom. The van der Waals surface area contributed by atoms with Crippen LogP contribution in [0.2, 0.25) is 0 Å². The molecule has 0 saturated carbocycles. The highest BCUT2D eigenvalue weighted by molar-refractivity contribution is 5.62. The Morgan fingerprint density at radius 1 is 1.24 bits per heavy atom. The fourth-order valence-electron chi connectivity index (χ4n) is 2.76. The van der Waals surface area contributed by atoms with E-state index in [2.05, 4.69) is 52.5 Å². The summed E-state index contributed by atoms with van der Waals surface area (Å²) in [7, 11) is 0. The minimum absolute atomic E-state index is 0.435. The van der Waals surface area contributed by atoms with Crippen LogP contribution in [-0.4, -0.2) is 0 Å². The maximum Gasteiger partial charge on any atom is -0.0230 e. The standard InChI is InChI=1S/C17H24/c1-12(2)13-6-7-15-11-16(17(3,4)5)9-8-14(15)10-13/h6-7,10,16H,1,8-9,11H2,2-5H3. The second-order valence-electron chi connectivity index (χ2n) is 6.57. The highest BCUT2D eigenvalue weighted by Crippen LogP contribution is 2.37. The Kier molecular flexibility index (Phi) is 3.16. The first-order valence-electron chi connectivity index (χ1n) is 6.65. The zero-order valence-electron chi connectivity index (χ0n) is 11.6. The van der Waals surface area contributed by atoms with E-state index in [-0.39, 0.29) is 0 Å². The normalized spacial score (nSPS) is 19.9. The maximum absolute atomic E-state index is 4.03. The molecule has 0 spiro atoms. The quantitative estimate of drug-likeness (QED) is 0.643. The molecule has 1 atom stereocenters. The van der Waals surface area contributed by atoms with Gasteiger partial charge in [-0.3, -0.25) is 0 Å². The molecular weight excluding hydrogens is 204 g/mol. The number of fused-ring (bicyclic) bond motifs is 1. The summed E-state index contributed by atoms with van der Waals surface area (Å²) in [6.45, 7) is 13.2. The maximum atomic E-state index is 4.03. The van der Waals surface area contributed by atoms with Gasteiger partial charge in [0.05, 0.1) is 0 Å². The predicted octanol–water partition coefficient (Wildman–Crippen LogP) is 4.87. The average Bonchev–Trinajstić information content (AvgIpc) is 2.26. The summed E-state index contributed by atoms with van der Waals surface area (Å²) < 4.78 is 0. The van der Waals surface area contributed by atoms with Crippen molar-refractivity contribution < 1.29 is 0 Å². The lowest BCUT2D eigenvalue weighted by atomic mass is 9.70. The molecule has 0 bridgehead atoms. The van der Waals surface area contributed by atoms with Gasteiger partial charge in [-0.25, -0.2) is 0 Å². The molecule has 0 N–H and O–H groups in total. The van der Waals surface area contributed by atoms with E-state index in [4.69, 9.17) is 0 Å². The Labute approximate surface area is 106 Å². The number of allylic oxidation sites excluding steroid dienone is 1. The van der Waals surface area contributed by atoms with Gasteiger partial charge < -0.3 is 0 Å². The average molecular weight is 228 g/mol. The van der Waals surface area contributed by atoms with Crippen molar-refractivity contribution >= 4 is 5.57 Å². The van der Waals surface area contributed by atoms with Crippen LogP contribution in [0.15, 0.2) is 24.8 Å². The zero-order chi connectivity index (χ0) is 12.6. The summed E-state index contributed by atoms with van der Waals surface area (Å²) >= 11 is 0. The van der Waals surface area contributed by atoms with Crippen molar-refractivity contribution in [1.29, 1.82) is 0 Å². The molecule has 0 nitrogen and oxygen atoms in total. The third kappa shape index (κ3) is 2.62. The lowest BCUT2D eigenvalue weighted by molar-refractivity contribution is 0.216. The first-order chi connectivity index (χ1) is 7.88. The first-order valence-corrected chi connectivity index (χ1v) is 6.65. The van der Waals surface area contributed by atoms with E-state index in [0.717, 1.165) is 5.92 Å². The van der Waals surface area contributed by atoms with Gasteiger partial charge in [0.1, 0.15) is 0 Å². The molecule has 0 fully saturated rings. The molecule has 0 amide bonds. The van der Waals surface area contributed by atoms with Crippen molar-refractivity contribution in [3.05, 3.63) is 41.5 Å². The second kappa shape index (κ2) is 4.33. The van der Waals surface area contributed by atoms with Crippen LogP contribution in [0.25, 0.3) is 5.57 Å². The van der Waals surface area contributed by atoms with Crippen LogP contribution in [0, 0.1) is 11.3 Å². The molecule has 0 heterocycles. The molecule has 1 aromatic rings. The summed E-state index contributed by atoms with van der Waals surface area (Å²) in [6.07, 6.45) is 3.81. The fourth-order valence-corrected chi connectivity index (χ4v) is 2.76. The molecule has 92 valence electrons. The van der Waals surface area contributed by atoms with E-state index in [9.17, 15) is 0 Å². The third-order valence-corrected chi connectivity index (χ3v) is 4.15. The molecule has 1 aliphatic carbocycles. The van der Waals surface area contributed by atoms with Crippen LogP contribution in [0.1, 0.15) is 50.8 Å². The van der Waals surface area contributed by atoms with Crippen LogP contribution in [0.3, 0.4) is 0 Å².